The molecule has 0 heteroatoms. The maximum atomic E-state index is 3.63. The molecule has 0 saturated carbocycles. The van der Waals surface area contributed by atoms with Crippen molar-refractivity contribution in [2.75, 3.05) is 0 Å². The minimum atomic E-state index is 0.306. The first-order valence-electron chi connectivity index (χ1n) is 2.70. The highest BCUT2D eigenvalue weighted by molar-refractivity contribution is 4.82. The maximum absolute atomic E-state index is 3.63. The molecule has 0 aromatic carbocycles. The normalized spacial score (nSPS) is 8.88. The standard InChI is InChI=1S/C6H12.C2H4/c1-5-6(2,3)4;1-2/h5H,1H2,2-4H3;1-2H2. The van der Waals surface area contributed by atoms with Crippen LogP contribution >= 0.6 is 0 Å². The number of rotatable bonds is 0. The van der Waals surface area contributed by atoms with Crippen molar-refractivity contribution >= 4 is 0 Å². The molecule has 0 heterocycles. The molecular weight excluding hydrogens is 96.1 g/mol. The fraction of sp³-hybridized carbons (Fsp3) is 0.500. The van der Waals surface area contributed by atoms with Crippen molar-refractivity contribution in [2.45, 2.75) is 20.8 Å². The van der Waals surface area contributed by atoms with Gasteiger partial charge in [0, 0.05) is 0 Å². The van der Waals surface area contributed by atoms with Crippen LogP contribution in [0.4, 0.5) is 0 Å². The SMILES string of the molecule is C=C.C=CC(C)(C)C. The van der Waals surface area contributed by atoms with Gasteiger partial charge in [0.05, 0.1) is 0 Å². The van der Waals surface area contributed by atoms with Gasteiger partial charge in [0.1, 0.15) is 0 Å². The molecule has 0 aliphatic rings. The monoisotopic (exact) mass is 112 g/mol. The van der Waals surface area contributed by atoms with Gasteiger partial charge in [0.25, 0.3) is 0 Å². The fourth-order valence-electron chi connectivity index (χ4n) is 0. The lowest BCUT2D eigenvalue weighted by molar-refractivity contribution is 0.546. The molecule has 0 aromatic heterocycles. The molecule has 0 nitrogen and oxygen atoms in total. The number of allylic oxidation sites excluding steroid dienone is 1. The van der Waals surface area contributed by atoms with Gasteiger partial charge in [-0.25, -0.2) is 0 Å². The van der Waals surface area contributed by atoms with Crippen LogP contribution in [-0.4, -0.2) is 0 Å². The quantitative estimate of drug-likeness (QED) is 0.422. The van der Waals surface area contributed by atoms with Crippen LogP contribution in [-0.2, 0) is 0 Å². The molecule has 0 atom stereocenters. The van der Waals surface area contributed by atoms with Gasteiger partial charge in [-0.2, -0.15) is 0 Å². The number of hydrogen-bond acceptors (Lipinski definition) is 0. The lowest BCUT2D eigenvalue weighted by atomic mass is 9.98. The molecule has 0 bridgehead atoms. The van der Waals surface area contributed by atoms with E-state index in [1.807, 2.05) is 6.08 Å². The average molecular weight is 112 g/mol. The zero-order valence-electron chi connectivity index (χ0n) is 6.20. The lowest BCUT2D eigenvalue weighted by Crippen LogP contribution is -1.96. The fourth-order valence-corrected chi connectivity index (χ4v) is 0. The van der Waals surface area contributed by atoms with Gasteiger partial charge >= 0.3 is 0 Å². The smallest absolute Gasteiger partial charge is 0.0206 e. The summed E-state index contributed by atoms with van der Waals surface area (Å²) in [6, 6.07) is 0. The molecule has 0 unspecified atom stereocenters. The third-order valence-electron chi connectivity index (χ3n) is 0.612. The van der Waals surface area contributed by atoms with Crippen LogP contribution in [0.2, 0.25) is 0 Å². The molecule has 0 radical (unpaired) electrons. The van der Waals surface area contributed by atoms with Crippen LogP contribution in [0.3, 0.4) is 0 Å². The molecule has 0 aliphatic heterocycles. The third-order valence-corrected chi connectivity index (χ3v) is 0.612. The summed E-state index contributed by atoms with van der Waals surface area (Å²) in [5, 5.41) is 0. The maximum Gasteiger partial charge on any atom is -0.0206 e. The van der Waals surface area contributed by atoms with Gasteiger partial charge in [0.2, 0.25) is 0 Å². The molecule has 0 N–H and O–H groups in total. The molecular formula is C8H16. The second kappa shape index (κ2) is 4.63. The Morgan fingerprint density at radius 3 is 1.25 bits per heavy atom. The predicted molar refractivity (Wildman–Crippen MR) is 40.9 cm³/mol. The molecule has 8 heavy (non-hydrogen) atoms. The summed E-state index contributed by atoms with van der Waals surface area (Å²) in [6.07, 6.45) is 1.94. The van der Waals surface area contributed by atoms with Crippen LogP contribution < -0.4 is 0 Å². The van der Waals surface area contributed by atoms with Gasteiger partial charge in [-0.15, -0.1) is 19.7 Å². The van der Waals surface area contributed by atoms with Crippen molar-refractivity contribution in [1.82, 2.24) is 0 Å². The van der Waals surface area contributed by atoms with Crippen molar-refractivity contribution in [2.24, 2.45) is 5.41 Å². The predicted octanol–water partition coefficient (Wildman–Crippen LogP) is 3.02. The van der Waals surface area contributed by atoms with Gasteiger partial charge < -0.3 is 0 Å². The summed E-state index contributed by atoms with van der Waals surface area (Å²) in [4.78, 5) is 0. The van der Waals surface area contributed by atoms with Crippen LogP contribution in [0.15, 0.2) is 25.8 Å². The molecule has 48 valence electrons. The Balaban J connectivity index is 0. The van der Waals surface area contributed by atoms with Crippen LogP contribution in [0.25, 0.3) is 0 Å². The highest BCUT2D eigenvalue weighted by Crippen LogP contribution is 2.11. The summed E-state index contributed by atoms with van der Waals surface area (Å²) >= 11 is 0. The Morgan fingerprint density at radius 2 is 1.25 bits per heavy atom. The Morgan fingerprint density at radius 1 is 1.12 bits per heavy atom. The second-order valence-corrected chi connectivity index (χ2v) is 2.57. The highest BCUT2D eigenvalue weighted by atomic mass is 14.0. The van der Waals surface area contributed by atoms with E-state index in [2.05, 4.69) is 40.5 Å². The summed E-state index contributed by atoms with van der Waals surface area (Å²) in [7, 11) is 0. The van der Waals surface area contributed by atoms with Crippen molar-refractivity contribution < 1.29 is 0 Å². The molecule has 0 aromatic rings. The van der Waals surface area contributed by atoms with Gasteiger partial charge in [0.15, 0.2) is 0 Å². The van der Waals surface area contributed by atoms with E-state index in [0.29, 0.717) is 5.41 Å². The molecule has 0 rings (SSSR count). The molecule has 0 spiro atoms. The zero-order valence-corrected chi connectivity index (χ0v) is 6.20. The Hall–Kier alpha value is -0.520. The van der Waals surface area contributed by atoms with Crippen molar-refractivity contribution in [1.29, 1.82) is 0 Å². The molecule has 0 fully saturated rings. The van der Waals surface area contributed by atoms with E-state index in [1.54, 1.807) is 0 Å². The van der Waals surface area contributed by atoms with Crippen LogP contribution in [0, 0.1) is 5.41 Å². The lowest BCUT2D eigenvalue weighted by Gasteiger charge is -2.08. The Bertz CT molecular complexity index is 54.9. The summed E-state index contributed by atoms with van der Waals surface area (Å²) in [6.45, 7) is 16.0. The van der Waals surface area contributed by atoms with E-state index >= 15 is 0 Å². The first-order chi connectivity index (χ1) is 3.56. The van der Waals surface area contributed by atoms with Crippen molar-refractivity contribution in [3.05, 3.63) is 25.8 Å². The number of hydrogen-bond donors (Lipinski definition) is 0. The second-order valence-electron chi connectivity index (χ2n) is 2.57. The van der Waals surface area contributed by atoms with E-state index in [0.717, 1.165) is 0 Å². The van der Waals surface area contributed by atoms with Gasteiger partial charge in [-0.3, -0.25) is 0 Å². The summed E-state index contributed by atoms with van der Waals surface area (Å²) in [5.74, 6) is 0. The van der Waals surface area contributed by atoms with E-state index in [1.165, 1.54) is 0 Å². The molecule has 0 amide bonds. The Labute approximate surface area is 52.9 Å². The topological polar surface area (TPSA) is 0 Å². The highest BCUT2D eigenvalue weighted by Gasteiger charge is 1.99. The first-order valence-corrected chi connectivity index (χ1v) is 2.70. The van der Waals surface area contributed by atoms with E-state index in [-0.39, 0.29) is 0 Å². The minimum absolute atomic E-state index is 0.306. The average Bonchev–Trinajstić information content (AvgIpc) is 1.71. The third kappa shape index (κ3) is 17.9. The first kappa shape index (κ1) is 10.5. The van der Waals surface area contributed by atoms with Gasteiger partial charge in [-0.05, 0) is 5.41 Å². The van der Waals surface area contributed by atoms with Crippen LogP contribution in [0.1, 0.15) is 20.8 Å². The van der Waals surface area contributed by atoms with E-state index in [4.69, 9.17) is 0 Å². The minimum Gasteiger partial charge on any atom is -0.106 e. The summed E-state index contributed by atoms with van der Waals surface area (Å²) < 4.78 is 0. The largest absolute Gasteiger partial charge is 0.106 e. The van der Waals surface area contributed by atoms with Crippen LogP contribution in [0.5, 0.6) is 0 Å². The van der Waals surface area contributed by atoms with Crippen molar-refractivity contribution in [3.8, 4) is 0 Å². The molecule has 0 aliphatic carbocycles. The molecule has 0 saturated heterocycles. The van der Waals surface area contributed by atoms with Crippen molar-refractivity contribution in [3.63, 3.8) is 0 Å². The van der Waals surface area contributed by atoms with Gasteiger partial charge in [-0.1, -0.05) is 26.8 Å². The zero-order chi connectivity index (χ0) is 7.21. The Kier molecular flexibility index (Phi) is 6.06. The summed E-state index contributed by atoms with van der Waals surface area (Å²) in [5.41, 5.74) is 0.306. The van der Waals surface area contributed by atoms with E-state index in [9.17, 15) is 0 Å². The van der Waals surface area contributed by atoms with E-state index < -0.39 is 0 Å².